The minimum Gasteiger partial charge on any atom is -0.390 e. The van der Waals surface area contributed by atoms with Gasteiger partial charge in [-0.3, -0.25) is 9.59 Å². The highest BCUT2D eigenvalue weighted by Gasteiger charge is 2.35. The van der Waals surface area contributed by atoms with E-state index in [1.54, 1.807) is 0 Å². The second-order valence-electron chi connectivity index (χ2n) is 11.9. The zero-order valence-corrected chi connectivity index (χ0v) is 27.7. The third-order valence-electron chi connectivity index (χ3n) is 7.86. The molecule has 5 N–H and O–H groups in total. The van der Waals surface area contributed by atoms with Gasteiger partial charge in [-0.25, -0.2) is 0 Å². The van der Waals surface area contributed by atoms with Crippen LogP contribution in [0, 0.1) is 11.8 Å². The van der Waals surface area contributed by atoms with E-state index in [1.165, 1.54) is 16.1 Å². The third kappa shape index (κ3) is 11.7. The SMILES string of the molecule is CCS[C@H](NC(=O)[C@H](Cc1ccccc1)NS(=O)(=O)N1CCOCC1)C(=O)N[C@@H](C[C@H]1CC=CCC1)[C@@H](O)[C@@H](O)CC(C)C. The highest BCUT2D eigenvalue weighted by atomic mass is 32.2. The van der Waals surface area contributed by atoms with Crippen molar-refractivity contribution in [2.75, 3.05) is 32.1 Å². The first kappa shape index (κ1) is 36.5. The Labute approximate surface area is 266 Å². The number of aliphatic hydroxyl groups is 2. The van der Waals surface area contributed by atoms with Crippen LogP contribution < -0.4 is 15.4 Å². The highest BCUT2D eigenvalue weighted by molar-refractivity contribution is 8.00. The Bertz CT molecular complexity index is 1160. The van der Waals surface area contributed by atoms with Crippen LogP contribution in [0.2, 0.25) is 0 Å². The van der Waals surface area contributed by atoms with Gasteiger partial charge in [0.2, 0.25) is 5.91 Å². The number of carbonyl (C=O) groups excluding carboxylic acids is 2. The van der Waals surface area contributed by atoms with Crippen LogP contribution in [0.3, 0.4) is 0 Å². The minimum absolute atomic E-state index is 0.0826. The average molecular weight is 655 g/mol. The molecular weight excluding hydrogens is 604 g/mol. The lowest BCUT2D eigenvalue weighted by Gasteiger charge is -2.33. The van der Waals surface area contributed by atoms with Crippen LogP contribution in [0.4, 0.5) is 0 Å². The first-order chi connectivity index (χ1) is 21.0. The summed E-state index contributed by atoms with van der Waals surface area (Å²) in [6, 6.07) is 7.18. The van der Waals surface area contributed by atoms with E-state index in [0.29, 0.717) is 18.6 Å². The Kier molecular flexibility index (Phi) is 15.1. The van der Waals surface area contributed by atoms with E-state index in [1.807, 2.05) is 51.1 Å². The summed E-state index contributed by atoms with van der Waals surface area (Å²) in [5, 5.41) is 26.5. The molecule has 0 spiro atoms. The number of thioether (sulfide) groups is 1. The van der Waals surface area contributed by atoms with E-state index in [2.05, 4.69) is 27.5 Å². The number of morpholine rings is 1. The van der Waals surface area contributed by atoms with E-state index in [9.17, 15) is 28.2 Å². The Morgan fingerprint density at radius 1 is 1.07 bits per heavy atom. The molecule has 1 heterocycles. The highest BCUT2D eigenvalue weighted by Crippen LogP contribution is 2.26. The van der Waals surface area contributed by atoms with Gasteiger partial charge >= 0.3 is 0 Å². The van der Waals surface area contributed by atoms with Crippen molar-refractivity contribution in [1.29, 1.82) is 0 Å². The van der Waals surface area contributed by atoms with E-state index >= 15 is 0 Å². The van der Waals surface area contributed by atoms with Crippen molar-refractivity contribution < 1.29 is 33.0 Å². The van der Waals surface area contributed by atoms with Crippen molar-refractivity contribution in [1.82, 2.24) is 19.7 Å². The van der Waals surface area contributed by atoms with Gasteiger partial charge in [0.25, 0.3) is 16.1 Å². The quantitative estimate of drug-likeness (QED) is 0.126. The molecule has 1 aromatic rings. The molecule has 11 nitrogen and oxygen atoms in total. The summed E-state index contributed by atoms with van der Waals surface area (Å²) in [5.41, 5.74) is 0.755. The van der Waals surface area contributed by atoms with Crippen LogP contribution in [0.5, 0.6) is 0 Å². The molecule has 3 rings (SSSR count). The van der Waals surface area contributed by atoms with E-state index in [0.717, 1.165) is 24.8 Å². The molecule has 1 saturated heterocycles. The smallest absolute Gasteiger partial charge is 0.280 e. The van der Waals surface area contributed by atoms with Crippen LogP contribution >= 0.6 is 11.8 Å². The molecule has 0 radical (unpaired) electrons. The Morgan fingerprint density at radius 2 is 1.77 bits per heavy atom. The van der Waals surface area contributed by atoms with Gasteiger partial charge in [0.15, 0.2) is 5.37 Å². The first-order valence-corrected chi connectivity index (χ1v) is 18.1. The van der Waals surface area contributed by atoms with Crippen molar-refractivity contribution in [3.05, 3.63) is 48.0 Å². The topological polar surface area (TPSA) is 157 Å². The zero-order valence-electron chi connectivity index (χ0n) is 26.1. The summed E-state index contributed by atoms with van der Waals surface area (Å²) in [6.07, 6.45) is 5.65. The van der Waals surface area contributed by atoms with Gasteiger partial charge in [-0.05, 0) is 61.7 Å². The molecular formula is C31H50N4O7S2. The molecule has 0 unspecified atom stereocenters. The van der Waals surface area contributed by atoms with Crippen LogP contribution in [-0.4, -0.2) is 96.5 Å². The Morgan fingerprint density at radius 3 is 2.39 bits per heavy atom. The molecule has 0 bridgehead atoms. The Balaban J connectivity index is 1.78. The van der Waals surface area contributed by atoms with Gasteiger partial charge in [-0.1, -0.05) is 63.3 Å². The molecule has 0 aromatic heterocycles. The summed E-state index contributed by atoms with van der Waals surface area (Å²) in [5.74, 6) is -0.257. The number of nitrogens with one attached hydrogen (secondary N) is 3. The number of aliphatic hydroxyl groups excluding tert-OH is 2. The molecule has 2 aliphatic rings. The zero-order chi connectivity index (χ0) is 32.1. The number of rotatable bonds is 17. The number of amides is 2. The van der Waals surface area contributed by atoms with Crippen molar-refractivity contribution >= 4 is 33.8 Å². The lowest BCUT2D eigenvalue weighted by atomic mass is 9.85. The predicted octanol–water partition coefficient (Wildman–Crippen LogP) is 1.96. The fourth-order valence-electron chi connectivity index (χ4n) is 5.52. The van der Waals surface area contributed by atoms with E-state index < -0.39 is 51.7 Å². The lowest BCUT2D eigenvalue weighted by molar-refractivity contribution is -0.129. The van der Waals surface area contributed by atoms with Gasteiger partial charge in [0.1, 0.15) is 12.1 Å². The van der Waals surface area contributed by atoms with E-state index in [4.69, 9.17) is 4.74 Å². The minimum atomic E-state index is -4.01. The molecule has 0 saturated carbocycles. The maximum Gasteiger partial charge on any atom is 0.280 e. The second-order valence-corrected chi connectivity index (χ2v) is 15.0. The molecule has 248 valence electrons. The number of benzene rings is 1. The second kappa shape index (κ2) is 18.2. The van der Waals surface area contributed by atoms with Crippen LogP contribution in [0.1, 0.15) is 58.4 Å². The first-order valence-electron chi connectivity index (χ1n) is 15.6. The summed E-state index contributed by atoms with van der Waals surface area (Å²) >= 11 is 1.20. The third-order valence-corrected chi connectivity index (χ3v) is 10.5. The molecule has 1 aliphatic carbocycles. The summed E-state index contributed by atoms with van der Waals surface area (Å²) in [6.45, 7) is 6.65. The number of ether oxygens (including phenoxy) is 1. The summed E-state index contributed by atoms with van der Waals surface area (Å²) < 4.78 is 35.5. The number of allylic oxidation sites excluding steroid dienone is 2. The molecule has 2 amide bonds. The largest absolute Gasteiger partial charge is 0.390 e. The summed E-state index contributed by atoms with van der Waals surface area (Å²) in [7, 11) is -4.01. The molecule has 1 aromatic carbocycles. The van der Waals surface area contributed by atoms with Gasteiger partial charge in [0, 0.05) is 13.1 Å². The normalized spacial score (nSPS) is 21.3. The molecule has 1 fully saturated rings. The van der Waals surface area contributed by atoms with E-state index in [-0.39, 0.29) is 44.6 Å². The molecule has 44 heavy (non-hydrogen) atoms. The standard InChI is InChI=1S/C31H50N4O7S2/c1-4-43-31(30(39)32-25(20-23-11-7-5-8-12-23)28(37)27(36)19-22(2)3)33-29(38)26(21-24-13-9-6-10-14-24)34-44(40,41)35-15-17-42-18-16-35/h5-7,9-10,13-14,22-23,25-28,31,34,36-37H,4,8,11-12,15-21H2,1-3H3,(H,32,39)(H,33,38)/t23-,25-,26-,27-,28+,31-/m0/s1. The number of hydrogen-bond acceptors (Lipinski definition) is 8. The maximum atomic E-state index is 13.7. The predicted molar refractivity (Wildman–Crippen MR) is 173 cm³/mol. The maximum absolute atomic E-state index is 13.7. The van der Waals surface area contributed by atoms with Gasteiger partial charge < -0.3 is 25.6 Å². The van der Waals surface area contributed by atoms with Gasteiger partial charge in [0.05, 0.1) is 25.4 Å². The van der Waals surface area contributed by atoms with Crippen molar-refractivity contribution in [3.63, 3.8) is 0 Å². The fourth-order valence-corrected chi connectivity index (χ4v) is 7.60. The summed E-state index contributed by atoms with van der Waals surface area (Å²) in [4.78, 5) is 27.4. The molecule has 6 atom stereocenters. The number of hydrogen-bond donors (Lipinski definition) is 5. The Hall–Kier alpha value is -2.00. The van der Waals surface area contributed by atoms with Crippen molar-refractivity contribution in [2.24, 2.45) is 11.8 Å². The monoisotopic (exact) mass is 654 g/mol. The van der Waals surface area contributed by atoms with Crippen LogP contribution in [0.25, 0.3) is 0 Å². The van der Waals surface area contributed by atoms with Crippen molar-refractivity contribution in [3.8, 4) is 0 Å². The van der Waals surface area contributed by atoms with Crippen LogP contribution in [-0.2, 0) is 31.0 Å². The average Bonchev–Trinajstić information content (AvgIpc) is 3.00. The molecule has 13 heteroatoms. The van der Waals surface area contributed by atoms with Gasteiger partial charge in [-0.15, -0.1) is 11.8 Å². The lowest BCUT2D eigenvalue weighted by Crippen LogP contribution is -2.58. The van der Waals surface area contributed by atoms with Crippen LogP contribution in [0.15, 0.2) is 42.5 Å². The van der Waals surface area contributed by atoms with Crippen molar-refractivity contribution in [2.45, 2.75) is 89.0 Å². The molecule has 1 aliphatic heterocycles. The number of carbonyl (C=O) groups is 2. The van der Waals surface area contributed by atoms with Gasteiger partial charge in [-0.2, -0.15) is 17.4 Å². The fraction of sp³-hybridized carbons (Fsp3) is 0.677. The number of nitrogens with zero attached hydrogens (tertiary/aromatic N) is 1.